The number of hydrogen-bond donors (Lipinski definition) is 2. The molecule has 0 fully saturated rings. The Morgan fingerprint density at radius 2 is 1.53 bits per heavy atom. The van der Waals surface area contributed by atoms with Gasteiger partial charge in [0.15, 0.2) is 0 Å². The Kier molecular flexibility index (Phi) is 7.38. The van der Waals surface area contributed by atoms with Crippen molar-refractivity contribution >= 4 is 20.8 Å². The minimum absolute atomic E-state index is 0.950. The molecule has 0 spiro atoms. The molecule has 3 nitrogen and oxygen atoms in total. The van der Waals surface area contributed by atoms with Crippen LogP contribution in [0.2, 0.25) is 12.1 Å². The molecule has 0 bridgehead atoms. The summed E-state index contributed by atoms with van der Waals surface area (Å²) in [5.41, 5.74) is 0. The van der Waals surface area contributed by atoms with Crippen LogP contribution >= 0.6 is 0 Å². The van der Waals surface area contributed by atoms with Gasteiger partial charge in [0.05, 0.1) is 0 Å². The summed E-state index contributed by atoms with van der Waals surface area (Å²) in [5, 5.41) is 19.8. The van der Waals surface area contributed by atoms with E-state index in [1.54, 1.807) is 0 Å². The fourth-order valence-corrected chi connectivity index (χ4v) is 6.72. The van der Waals surface area contributed by atoms with Crippen LogP contribution in [0.25, 0.3) is 0 Å². The fourth-order valence-electron chi connectivity index (χ4n) is 2.47. The highest BCUT2D eigenvalue weighted by Gasteiger charge is 2.39. The minimum atomic E-state index is -2.28. The normalized spacial score (nSPS) is 11.6. The van der Waals surface area contributed by atoms with E-state index in [0.29, 0.717) is 0 Å². The molecule has 1 aromatic carbocycles. The molecule has 0 saturated heterocycles. The molecule has 0 atom stereocenters. The van der Waals surface area contributed by atoms with Gasteiger partial charge in [-0.05, 0) is 17.3 Å². The lowest BCUT2D eigenvalue weighted by Gasteiger charge is -2.32. The Bertz CT molecular complexity index is 338. The van der Waals surface area contributed by atoms with E-state index in [-0.39, 0.29) is 0 Å². The topological polar surface area (TPSA) is 49.7 Å². The molecule has 0 unspecified atom stereocenters. The summed E-state index contributed by atoms with van der Waals surface area (Å²) >= 11 is 0. The van der Waals surface area contributed by atoms with Crippen molar-refractivity contribution in [1.82, 2.24) is 0 Å². The lowest BCUT2D eigenvalue weighted by atomic mass is 10.3. The van der Waals surface area contributed by atoms with Crippen LogP contribution in [0, 0.1) is 0 Å². The molecule has 1 rings (SSSR count). The van der Waals surface area contributed by atoms with Gasteiger partial charge < -0.3 is 14.4 Å². The van der Waals surface area contributed by atoms with Crippen molar-refractivity contribution in [3.05, 3.63) is 30.3 Å². The van der Waals surface area contributed by atoms with Gasteiger partial charge in [-0.1, -0.05) is 69.9 Å². The standard InChI is InChI=1S/C14H25BO3Si/c1-3-5-12-19(13-6-4-2,18-15(16)17)14-10-8-7-9-11-14/h7-11,16-17H,3-6,12-13H2,1-2H3. The van der Waals surface area contributed by atoms with Gasteiger partial charge in [-0.25, -0.2) is 0 Å². The highest BCUT2D eigenvalue weighted by molar-refractivity contribution is 6.89. The summed E-state index contributed by atoms with van der Waals surface area (Å²) in [5.74, 6) is 0. The molecule has 0 aliphatic rings. The molecule has 0 aliphatic heterocycles. The Hall–Kier alpha value is -0.618. The van der Waals surface area contributed by atoms with E-state index in [0.717, 1.165) is 37.8 Å². The average molecular weight is 280 g/mol. The first-order valence-electron chi connectivity index (χ1n) is 7.24. The SMILES string of the molecule is CCCC[Si](CCCC)(OB(O)O)c1ccccc1. The van der Waals surface area contributed by atoms with Gasteiger partial charge >= 0.3 is 7.32 Å². The average Bonchev–Trinajstić information content (AvgIpc) is 2.42. The smallest absolute Gasteiger partial charge is 0.424 e. The second-order valence-electron chi connectivity index (χ2n) is 5.01. The van der Waals surface area contributed by atoms with Crippen molar-refractivity contribution in [2.24, 2.45) is 0 Å². The first-order valence-corrected chi connectivity index (χ1v) is 9.56. The van der Waals surface area contributed by atoms with E-state index in [4.69, 9.17) is 4.34 Å². The monoisotopic (exact) mass is 280 g/mol. The lowest BCUT2D eigenvalue weighted by molar-refractivity contribution is 0.282. The van der Waals surface area contributed by atoms with Crippen LogP contribution in [0.4, 0.5) is 0 Å². The molecule has 106 valence electrons. The van der Waals surface area contributed by atoms with Gasteiger partial charge in [0.25, 0.3) is 0 Å². The zero-order valence-corrected chi connectivity index (χ0v) is 13.0. The lowest BCUT2D eigenvalue weighted by Crippen LogP contribution is -2.54. The Labute approximate surface area is 117 Å². The van der Waals surface area contributed by atoms with Crippen molar-refractivity contribution in [2.45, 2.75) is 51.6 Å². The number of unbranched alkanes of at least 4 members (excludes halogenated alkanes) is 2. The van der Waals surface area contributed by atoms with Crippen molar-refractivity contribution in [2.75, 3.05) is 0 Å². The van der Waals surface area contributed by atoms with E-state index in [2.05, 4.69) is 26.0 Å². The summed E-state index contributed by atoms with van der Waals surface area (Å²) in [4.78, 5) is 0. The minimum Gasteiger partial charge on any atom is -0.424 e. The second kappa shape index (κ2) is 8.53. The molecule has 0 heterocycles. The Morgan fingerprint density at radius 1 is 1.00 bits per heavy atom. The van der Waals surface area contributed by atoms with Gasteiger partial charge in [0.1, 0.15) is 0 Å². The Balaban J connectivity index is 3.01. The molecule has 0 amide bonds. The molecule has 19 heavy (non-hydrogen) atoms. The summed E-state index contributed by atoms with van der Waals surface area (Å²) < 4.78 is 5.68. The molecule has 0 saturated carbocycles. The second-order valence-corrected chi connectivity index (χ2v) is 8.81. The molecule has 1 aromatic rings. The van der Waals surface area contributed by atoms with Crippen molar-refractivity contribution in [1.29, 1.82) is 0 Å². The zero-order valence-electron chi connectivity index (χ0n) is 12.0. The van der Waals surface area contributed by atoms with E-state index >= 15 is 0 Å². The van der Waals surface area contributed by atoms with E-state index in [1.807, 2.05) is 18.2 Å². The summed E-state index contributed by atoms with van der Waals surface area (Å²) in [7, 11) is -3.94. The van der Waals surface area contributed by atoms with E-state index < -0.39 is 15.6 Å². The summed E-state index contributed by atoms with van der Waals surface area (Å²) in [6.45, 7) is 4.30. The van der Waals surface area contributed by atoms with E-state index in [9.17, 15) is 10.0 Å². The third-order valence-electron chi connectivity index (χ3n) is 3.50. The van der Waals surface area contributed by atoms with Crippen LogP contribution < -0.4 is 5.19 Å². The largest absolute Gasteiger partial charge is 0.623 e. The molecule has 5 heteroatoms. The van der Waals surface area contributed by atoms with Crippen LogP contribution in [0.1, 0.15) is 39.5 Å². The molecule has 0 radical (unpaired) electrons. The van der Waals surface area contributed by atoms with Crippen LogP contribution in [-0.2, 0) is 4.34 Å². The van der Waals surface area contributed by atoms with Crippen molar-refractivity contribution < 1.29 is 14.4 Å². The van der Waals surface area contributed by atoms with Gasteiger partial charge in [0.2, 0.25) is 8.32 Å². The molecular weight excluding hydrogens is 255 g/mol. The fraction of sp³-hybridized carbons (Fsp3) is 0.571. The first-order chi connectivity index (χ1) is 9.14. The maximum absolute atomic E-state index is 9.32. The maximum Gasteiger partial charge on any atom is 0.623 e. The molecule has 2 N–H and O–H groups in total. The van der Waals surface area contributed by atoms with Gasteiger partial charge in [-0.15, -0.1) is 0 Å². The number of hydrogen-bond acceptors (Lipinski definition) is 3. The third kappa shape index (κ3) is 5.11. The van der Waals surface area contributed by atoms with Crippen molar-refractivity contribution in [3.63, 3.8) is 0 Å². The molecular formula is C14H25BO3Si. The maximum atomic E-state index is 9.32. The predicted molar refractivity (Wildman–Crippen MR) is 82.5 cm³/mol. The van der Waals surface area contributed by atoms with E-state index in [1.165, 1.54) is 5.19 Å². The number of rotatable bonds is 9. The van der Waals surface area contributed by atoms with Gasteiger partial charge in [-0.2, -0.15) is 0 Å². The highest BCUT2D eigenvalue weighted by Crippen LogP contribution is 2.23. The third-order valence-corrected chi connectivity index (χ3v) is 7.87. The van der Waals surface area contributed by atoms with Crippen LogP contribution in [0.5, 0.6) is 0 Å². The Morgan fingerprint density at radius 3 is 1.95 bits per heavy atom. The van der Waals surface area contributed by atoms with Gasteiger partial charge in [0, 0.05) is 0 Å². The number of benzene rings is 1. The molecule has 0 aliphatic carbocycles. The van der Waals surface area contributed by atoms with Crippen LogP contribution in [0.15, 0.2) is 30.3 Å². The predicted octanol–water partition coefficient (Wildman–Crippen LogP) is 2.43. The summed E-state index contributed by atoms with van der Waals surface area (Å²) in [6.07, 6.45) is 4.33. The first kappa shape index (κ1) is 16.4. The van der Waals surface area contributed by atoms with Crippen LogP contribution in [0.3, 0.4) is 0 Å². The summed E-state index contributed by atoms with van der Waals surface area (Å²) in [6, 6.07) is 12.0. The quantitative estimate of drug-likeness (QED) is 0.683. The molecule has 0 aromatic heterocycles. The zero-order chi connectivity index (χ0) is 14.1. The van der Waals surface area contributed by atoms with Crippen LogP contribution in [-0.4, -0.2) is 25.7 Å². The highest BCUT2D eigenvalue weighted by atomic mass is 28.4. The van der Waals surface area contributed by atoms with Crippen molar-refractivity contribution in [3.8, 4) is 0 Å². The van der Waals surface area contributed by atoms with Gasteiger partial charge in [-0.3, -0.25) is 0 Å².